The summed E-state index contributed by atoms with van der Waals surface area (Å²) in [6.45, 7) is 0. The van der Waals surface area contributed by atoms with Crippen LogP contribution in [-0.2, 0) is 0 Å². The molecule has 0 aliphatic carbocycles. The van der Waals surface area contributed by atoms with Crippen molar-refractivity contribution >= 4 is 34.2 Å². The molecular formula is C15H12ClN5O. The van der Waals surface area contributed by atoms with Gasteiger partial charge in [-0.1, -0.05) is 17.7 Å². The zero-order valence-electron chi connectivity index (χ0n) is 11.4. The fourth-order valence-corrected chi connectivity index (χ4v) is 2.17. The Hall–Kier alpha value is -2.86. The monoisotopic (exact) mass is 313 g/mol. The lowest BCUT2D eigenvalue weighted by molar-refractivity contribution is 0.0939. The zero-order chi connectivity index (χ0) is 15.5. The topological polar surface area (TPSA) is 93.7 Å². The first kappa shape index (κ1) is 14.1. The number of hydrogen-bond acceptors (Lipinski definition) is 3. The number of nitrogens with one attached hydrogen (secondary N) is 4. The van der Waals surface area contributed by atoms with E-state index in [0.29, 0.717) is 16.4 Å². The van der Waals surface area contributed by atoms with Crippen LogP contribution < -0.4 is 10.9 Å². The number of pyridine rings is 1. The third-order valence-corrected chi connectivity index (χ3v) is 3.28. The molecule has 22 heavy (non-hydrogen) atoms. The van der Waals surface area contributed by atoms with Crippen molar-refractivity contribution < 1.29 is 4.79 Å². The summed E-state index contributed by atoms with van der Waals surface area (Å²) in [5.41, 5.74) is 6.61. The molecule has 0 radical (unpaired) electrons. The Morgan fingerprint density at radius 1 is 1.18 bits per heavy atom. The summed E-state index contributed by atoms with van der Waals surface area (Å²) in [6, 6.07) is 12.2. The highest BCUT2D eigenvalue weighted by atomic mass is 35.5. The van der Waals surface area contributed by atoms with Crippen molar-refractivity contribution in [3.8, 4) is 0 Å². The summed E-state index contributed by atoms with van der Waals surface area (Å²) in [5.74, 6) is -0.374. The van der Waals surface area contributed by atoms with Gasteiger partial charge in [-0.25, -0.2) is 0 Å². The number of amides is 1. The fraction of sp³-hybridized carbons (Fsp3) is 0. The molecule has 0 aliphatic rings. The van der Waals surface area contributed by atoms with Crippen molar-refractivity contribution in [2.75, 3.05) is 0 Å². The van der Waals surface area contributed by atoms with E-state index >= 15 is 0 Å². The highest BCUT2D eigenvalue weighted by Crippen LogP contribution is 2.19. The second-order valence-electron chi connectivity index (χ2n) is 4.58. The number of hydrazine groups is 1. The average molecular weight is 314 g/mol. The molecule has 0 bridgehead atoms. The standard InChI is InChI=1S/C15H12ClN5O/c16-10-4-5-11-9(7-10)8-13(19-11)15(22)21-20-14(17)12-3-1-2-6-18-12/h1-8,19H,(H2,17,20)(H,21,22). The molecular weight excluding hydrogens is 302 g/mol. The molecule has 4 N–H and O–H groups in total. The lowest BCUT2D eigenvalue weighted by Gasteiger charge is -2.07. The first-order valence-corrected chi connectivity index (χ1v) is 6.86. The third-order valence-electron chi connectivity index (χ3n) is 3.05. The van der Waals surface area contributed by atoms with E-state index in [0.717, 1.165) is 10.9 Å². The number of H-pyrrole nitrogens is 1. The predicted octanol–water partition coefficient (Wildman–Crippen LogP) is 2.48. The van der Waals surface area contributed by atoms with Crippen LogP contribution in [0.5, 0.6) is 0 Å². The molecule has 0 atom stereocenters. The van der Waals surface area contributed by atoms with E-state index in [1.165, 1.54) is 0 Å². The molecule has 0 saturated carbocycles. The van der Waals surface area contributed by atoms with Crippen LogP contribution in [0.1, 0.15) is 16.2 Å². The van der Waals surface area contributed by atoms with Gasteiger partial charge in [-0.15, -0.1) is 0 Å². The highest BCUT2D eigenvalue weighted by molar-refractivity contribution is 6.31. The number of carbonyl (C=O) groups excluding carboxylic acids is 1. The van der Waals surface area contributed by atoms with Crippen molar-refractivity contribution in [2.45, 2.75) is 0 Å². The van der Waals surface area contributed by atoms with Crippen molar-refractivity contribution in [2.24, 2.45) is 0 Å². The summed E-state index contributed by atoms with van der Waals surface area (Å²) in [6.07, 6.45) is 1.58. The maximum absolute atomic E-state index is 12.1. The van der Waals surface area contributed by atoms with Gasteiger partial charge in [0.1, 0.15) is 11.4 Å². The Bertz CT molecular complexity index is 844. The molecule has 3 rings (SSSR count). The number of fused-ring (bicyclic) bond motifs is 1. The largest absolute Gasteiger partial charge is 0.350 e. The van der Waals surface area contributed by atoms with Gasteiger partial charge in [-0.3, -0.25) is 26.0 Å². The minimum Gasteiger partial charge on any atom is -0.350 e. The minimum absolute atomic E-state index is 0.00751. The van der Waals surface area contributed by atoms with Crippen molar-refractivity contribution in [1.29, 1.82) is 5.41 Å². The molecule has 0 saturated heterocycles. The maximum atomic E-state index is 12.1. The molecule has 7 heteroatoms. The fourth-order valence-electron chi connectivity index (χ4n) is 1.99. The van der Waals surface area contributed by atoms with Gasteiger partial charge < -0.3 is 4.98 Å². The predicted molar refractivity (Wildman–Crippen MR) is 85.0 cm³/mol. The lowest BCUT2D eigenvalue weighted by atomic mass is 10.2. The first-order valence-electron chi connectivity index (χ1n) is 6.48. The lowest BCUT2D eigenvalue weighted by Crippen LogP contribution is -2.42. The number of amidine groups is 1. The van der Waals surface area contributed by atoms with Gasteiger partial charge in [-0.2, -0.15) is 0 Å². The van der Waals surface area contributed by atoms with E-state index in [1.54, 1.807) is 48.7 Å². The van der Waals surface area contributed by atoms with Crippen LogP contribution in [0.15, 0.2) is 48.7 Å². The van der Waals surface area contributed by atoms with Gasteiger partial charge in [-0.05, 0) is 36.4 Å². The van der Waals surface area contributed by atoms with E-state index in [4.69, 9.17) is 17.0 Å². The summed E-state index contributed by atoms with van der Waals surface area (Å²) in [7, 11) is 0. The summed E-state index contributed by atoms with van der Waals surface area (Å²) < 4.78 is 0. The smallest absolute Gasteiger partial charge is 0.286 e. The van der Waals surface area contributed by atoms with Crippen LogP contribution in [0.25, 0.3) is 10.9 Å². The molecule has 0 spiro atoms. The summed E-state index contributed by atoms with van der Waals surface area (Å²) in [5, 5.41) is 9.26. The van der Waals surface area contributed by atoms with Crippen LogP contribution in [0.4, 0.5) is 0 Å². The Morgan fingerprint density at radius 3 is 2.82 bits per heavy atom. The van der Waals surface area contributed by atoms with E-state index in [9.17, 15) is 4.79 Å². The molecule has 6 nitrogen and oxygen atoms in total. The number of aromatic amines is 1. The number of carbonyl (C=O) groups is 1. The van der Waals surface area contributed by atoms with Crippen LogP contribution in [0.2, 0.25) is 5.02 Å². The van der Waals surface area contributed by atoms with Gasteiger partial charge in [0.25, 0.3) is 5.91 Å². The van der Waals surface area contributed by atoms with E-state index in [1.807, 2.05) is 0 Å². The number of hydrogen-bond donors (Lipinski definition) is 4. The number of halogens is 1. The minimum atomic E-state index is -0.381. The molecule has 2 heterocycles. The first-order chi connectivity index (χ1) is 10.6. The van der Waals surface area contributed by atoms with Gasteiger partial charge in [0, 0.05) is 22.1 Å². The van der Waals surface area contributed by atoms with E-state index in [2.05, 4.69) is 20.8 Å². The number of rotatable bonds is 2. The van der Waals surface area contributed by atoms with Crippen molar-refractivity contribution in [3.63, 3.8) is 0 Å². The van der Waals surface area contributed by atoms with Crippen LogP contribution >= 0.6 is 11.6 Å². The molecule has 2 aromatic heterocycles. The second kappa shape index (κ2) is 5.87. The Kier molecular flexibility index (Phi) is 3.76. The molecule has 1 aromatic carbocycles. The second-order valence-corrected chi connectivity index (χ2v) is 5.02. The molecule has 0 aliphatic heterocycles. The quantitative estimate of drug-likeness (QED) is 0.332. The average Bonchev–Trinajstić information content (AvgIpc) is 2.96. The van der Waals surface area contributed by atoms with Gasteiger partial charge in [0.2, 0.25) is 0 Å². The van der Waals surface area contributed by atoms with Crippen LogP contribution in [-0.4, -0.2) is 21.7 Å². The number of aromatic nitrogens is 2. The Balaban J connectivity index is 1.69. The third kappa shape index (κ3) is 2.91. The molecule has 3 aromatic rings. The molecule has 0 fully saturated rings. The molecule has 0 unspecified atom stereocenters. The maximum Gasteiger partial charge on any atom is 0.286 e. The molecule has 1 amide bonds. The van der Waals surface area contributed by atoms with E-state index in [-0.39, 0.29) is 11.7 Å². The van der Waals surface area contributed by atoms with Crippen molar-refractivity contribution in [3.05, 3.63) is 65.1 Å². The van der Waals surface area contributed by atoms with Crippen LogP contribution in [0.3, 0.4) is 0 Å². The highest BCUT2D eigenvalue weighted by Gasteiger charge is 2.10. The summed E-state index contributed by atoms with van der Waals surface area (Å²) in [4.78, 5) is 19.1. The van der Waals surface area contributed by atoms with Crippen molar-refractivity contribution in [1.82, 2.24) is 20.8 Å². The normalized spacial score (nSPS) is 10.4. The molecule has 110 valence electrons. The van der Waals surface area contributed by atoms with E-state index < -0.39 is 0 Å². The summed E-state index contributed by atoms with van der Waals surface area (Å²) >= 11 is 5.92. The van der Waals surface area contributed by atoms with Gasteiger partial charge >= 0.3 is 0 Å². The number of benzene rings is 1. The van der Waals surface area contributed by atoms with Gasteiger partial charge in [0.05, 0.1) is 0 Å². The number of nitrogens with zero attached hydrogens (tertiary/aromatic N) is 1. The Morgan fingerprint density at radius 2 is 2.05 bits per heavy atom. The van der Waals surface area contributed by atoms with Gasteiger partial charge in [0.15, 0.2) is 5.84 Å². The SMILES string of the molecule is N=C(NNC(=O)c1cc2cc(Cl)ccc2[nH]1)c1ccccn1. The zero-order valence-corrected chi connectivity index (χ0v) is 12.1. The van der Waals surface area contributed by atoms with Crippen LogP contribution in [0, 0.1) is 5.41 Å². The Labute approximate surface area is 131 Å².